The summed E-state index contributed by atoms with van der Waals surface area (Å²) in [4.78, 5) is 77.9. The number of aryl methyl sites for hydroxylation is 1. The highest BCUT2D eigenvalue weighted by Gasteiger charge is 2.37. The lowest BCUT2D eigenvalue weighted by Crippen LogP contribution is -2.51. The monoisotopic (exact) mass is 650 g/mol. The zero-order valence-electron chi connectivity index (χ0n) is 27.1. The fourth-order valence-electron chi connectivity index (χ4n) is 6.72. The van der Waals surface area contributed by atoms with Crippen LogP contribution in [0.15, 0.2) is 30.3 Å². The largest absolute Gasteiger partial charge is 0.352 e. The molecule has 2 fully saturated rings. The lowest BCUT2D eigenvalue weighted by molar-refractivity contribution is -0.145. The zero-order valence-corrected chi connectivity index (χ0v) is 27.9. The van der Waals surface area contributed by atoms with E-state index in [-0.39, 0.29) is 85.7 Å². The Morgan fingerprint density at radius 1 is 0.957 bits per heavy atom. The van der Waals surface area contributed by atoms with Gasteiger partial charge in [-0.2, -0.15) is 0 Å². The number of thiazole rings is 1. The van der Waals surface area contributed by atoms with Crippen molar-refractivity contribution in [3.8, 4) is 0 Å². The molecule has 0 aliphatic carbocycles. The van der Waals surface area contributed by atoms with Gasteiger partial charge in [0.1, 0.15) is 13.1 Å². The van der Waals surface area contributed by atoms with Crippen LogP contribution in [0.3, 0.4) is 0 Å². The number of rotatable bonds is 7. The fourth-order valence-corrected chi connectivity index (χ4v) is 7.83. The van der Waals surface area contributed by atoms with E-state index in [2.05, 4.69) is 10.6 Å². The first-order chi connectivity index (χ1) is 22.0. The van der Waals surface area contributed by atoms with E-state index in [1.165, 1.54) is 4.90 Å². The lowest BCUT2D eigenvalue weighted by Gasteiger charge is -2.39. The maximum atomic E-state index is 13.9. The lowest BCUT2D eigenvalue weighted by atomic mass is 9.80. The van der Waals surface area contributed by atoms with Crippen molar-refractivity contribution >= 4 is 40.9 Å². The molecule has 5 amide bonds. The van der Waals surface area contributed by atoms with Gasteiger partial charge in [-0.25, -0.2) is 4.98 Å². The van der Waals surface area contributed by atoms with Crippen molar-refractivity contribution in [2.75, 3.05) is 39.3 Å². The van der Waals surface area contributed by atoms with Gasteiger partial charge in [-0.15, -0.1) is 11.3 Å². The van der Waals surface area contributed by atoms with Crippen LogP contribution in [0.2, 0.25) is 0 Å². The average molecular weight is 651 g/mol. The molecule has 2 saturated heterocycles. The molecule has 1 aromatic heterocycles. The molecular weight excluding hydrogens is 604 g/mol. The number of nitrogens with one attached hydrogen (secondary N) is 2. The topological polar surface area (TPSA) is 132 Å². The van der Waals surface area contributed by atoms with E-state index >= 15 is 0 Å². The van der Waals surface area contributed by atoms with Gasteiger partial charge in [0, 0.05) is 62.4 Å². The number of aromatic nitrogens is 1. The molecule has 1 aromatic carbocycles. The summed E-state index contributed by atoms with van der Waals surface area (Å²) in [6.45, 7) is 7.61. The highest BCUT2D eigenvalue weighted by atomic mass is 32.1. The minimum Gasteiger partial charge on any atom is -0.352 e. The number of benzene rings is 1. The van der Waals surface area contributed by atoms with Crippen LogP contribution in [-0.2, 0) is 36.9 Å². The molecular formula is C34H46N6O5S. The van der Waals surface area contributed by atoms with Crippen molar-refractivity contribution in [1.82, 2.24) is 30.3 Å². The Kier molecular flexibility index (Phi) is 11.1. The molecule has 46 heavy (non-hydrogen) atoms. The van der Waals surface area contributed by atoms with Gasteiger partial charge in [0.2, 0.25) is 29.5 Å². The third kappa shape index (κ3) is 8.71. The van der Waals surface area contributed by atoms with E-state index in [4.69, 9.17) is 4.98 Å². The van der Waals surface area contributed by atoms with Crippen molar-refractivity contribution in [2.24, 2.45) is 11.8 Å². The Morgan fingerprint density at radius 3 is 2.39 bits per heavy atom. The Balaban J connectivity index is 1.38. The number of hydrogen-bond acceptors (Lipinski definition) is 7. The van der Waals surface area contributed by atoms with Gasteiger partial charge in [0.25, 0.3) is 0 Å². The quantitative estimate of drug-likeness (QED) is 0.474. The van der Waals surface area contributed by atoms with Gasteiger partial charge in [-0.3, -0.25) is 24.0 Å². The molecule has 0 saturated carbocycles. The molecule has 4 aliphatic heterocycles. The summed E-state index contributed by atoms with van der Waals surface area (Å²) in [6, 6.07) is 9.57. The number of nitrogens with zero attached hydrogens (tertiary/aromatic N) is 4. The van der Waals surface area contributed by atoms with Crippen LogP contribution in [0.25, 0.3) is 0 Å². The second kappa shape index (κ2) is 15.2. The highest BCUT2D eigenvalue weighted by Crippen LogP contribution is 2.34. The summed E-state index contributed by atoms with van der Waals surface area (Å²) in [6.07, 6.45) is 2.55. The van der Waals surface area contributed by atoms with Crippen LogP contribution >= 0.6 is 11.3 Å². The van der Waals surface area contributed by atoms with Gasteiger partial charge >= 0.3 is 0 Å². The molecule has 0 radical (unpaired) electrons. The van der Waals surface area contributed by atoms with E-state index in [1.807, 2.05) is 51.1 Å². The van der Waals surface area contributed by atoms with Crippen molar-refractivity contribution in [1.29, 1.82) is 0 Å². The molecule has 2 aromatic rings. The van der Waals surface area contributed by atoms with E-state index in [0.29, 0.717) is 39.1 Å². The third-order valence-corrected chi connectivity index (χ3v) is 10.5. The van der Waals surface area contributed by atoms with Crippen molar-refractivity contribution in [2.45, 2.75) is 77.8 Å². The molecule has 12 heteroatoms. The number of amides is 5. The summed E-state index contributed by atoms with van der Waals surface area (Å²) >= 11 is 1.64. The van der Waals surface area contributed by atoms with Crippen LogP contribution in [0.5, 0.6) is 0 Å². The van der Waals surface area contributed by atoms with Gasteiger partial charge < -0.3 is 25.3 Å². The Bertz CT molecular complexity index is 1420. The van der Waals surface area contributed by atoms with Crippen LogP contribution in [0.1, 0.15) is 73.0 Å². The second-order valence-corrected chi connectivity index (χ2v) is 14.4. The standard InChI is InChI=1S/C34H46N6O5S/c1-22(2)36-30(42)20-40-21-33(45)38-12-9-25(10-13-38)34-37-28(23(3)46-34)17-32(44)39-14-11-26(27(19-39)16-31(40)43)15-29(41)35-18-24-7-5-4-6-8-24/h4-8,22,25-27H,9-21H2,1-3H3,(H,35,41)(H,36,42)/t26-,27-/m0/s1. The number of hydrogen-bond donors (Lipinski definition) is 2. The first-order valence-corrected chi connectivity index (χ1v) is 17.3. The number of carbonyl (C=O) groups excluding carboxylic acids is 5. The molecule has 0 spiro atoms. The van der Waals surface area contributed by atoms with Crippen LogP contribution in [0.4, 0.5) is 0 Å². The smallest absolute Gasteiger partial charge is 0.242 e. The molecule has 2 atom stereocenters. The molecule has 5 heterocycles. The van der Waals surface area contributed by atoms with Crippen LogP contribution in [-0.4, -0.2) is 94.5 Å². The van der Waals surface area contributed by atoms with E-state index in [9.17, 15) is 24.0 Å². The summed E-state index contributed by atoms with van der Waals surface area (Å²) in [5.41, 5.74) is 1.79. The Hall–Kier alpha value is -3.80. The van der Waals surface area contributed by atoms with Gasteiger partial charge in [0.05, 0.1) is 17.1 Å². The fraction of sp³-hybridized carbons (Fsp3) is 0.588. The summed E-state index contributed by atoms with van der Waals surface area (Å²) < 4.78 is 0. The molecule has 4 aliphatic rings. The molecule has 6 rings (SSSR count). The molecule has 248 valence electrons. The van der Waals surface area contributed by atoms with Gasteiger partial charge in [-0.05, 0) is 57.4 Å². The van der Waals surface area contributed by atoms with E-state index in [1.54, 1.807) is 21.1 Å². The molecule has 6 bridgehead atoms. The van der Waals surface area contributed by atoms with Crippen LogP contribution < -0.4 is 10.6 Å². The minimum atomic E-state index is -0.326. The van der Waals surface area contributed by atoms with E-state index in [0.717, 1.165) is 34.0 Å². The van der Waals surface area contributed by atoms with Gasteiger partial charge in [-0.1, -0.05) is 30.3 Å². The normalized spacial score (nSPS) is 22.7. The zero-order chi connectivity index (χ0) is 32.8. The van der Waals surface area contributed by atoms with Crippen molar-refractivity contribution in [3.63, 3.8) is 0 Å². The Morgan fingerprint density at radius 2 is 1.67 bits per heavy atom. The number of carbonyl (C=O) groups is 5. The highest BCUT2D eigenvalue weighted by molar-refractivity contribution is 7.11. The second-order valence-electron chi connectivity index (χ2n) is 13.2. The predicted octanol–water partition coefficient (Wildman–Crippen LogP) is 2.63. The van der Waals surface area contributed by atoms with Crippen molar-refractivity contribution < 1.29 is 24.0 Å². The van der Waals surface area contributed by atoms with Crippen molar-refractivity contribution in [3.05, 3.63) is 51.5 Å². The van der Waals surface area contributed by atoms with Gasteiger partial charge in [0.15, 0.2) is 0 Å². The SMILES string of the molecule is Cc1sc2nc1CC(=O)N1CC[C@@H](CC(=O)NCc3ccccc3)[C@@H](CC(=O)N(CC(=O)NC(C)C)CC(=O)N3CCC2CC3)C1. The average Bonchev–Trinajstić information content (AvgIpc) is 3.39. The third-order valence-electron chi connectivity index (χ3n) is 9.35. The summed E-state index contributed by atoms with van der Waals surface area (Å²) in [5.74, 6) is -1.20. The summed E-state index contributed by atoms with van der Waals surface area (Å²) in [5, 5.41) is 6.84. The number of fused-ring (bicyclic) bond motifs is 7. The maximum Gasteiger partial charge on any atom is 0.242 e. The molecule has 11 nitrogen and oxygen atoms in total. The minimum absolute atomic E-state index is 0.0323. The molecule has 0 unspecified atom stereocenters. The van der Waals surface area contributed by atoms with E-state index < -0.39 is 0 Å². The first kappa shape index (κ1) is 33.6. The predicted molar refractivity (Wildman–Crippen MR) is 175 cm³/mol. The first-order valence-electron chi connectivity index (χ1n) is 16.4. The maximum absolute atomic E-state index is 13.9. The molecule has 2 N–H and O–H groups in total. The summed E-state index contributed by atoms with van der Waals surface area (Å²) in [7, 11) is 0. The Labute approximate surface area is 275 Å². The van der Waals surface area contributed by atoms with Crippen LogP contribution in [0, 0.1) is 18.8 Å². The number of piperidine rings is 2.